The molecule has 1 aliphatic carbocycles. The van der Waals surface area contributed by atoms with E-state index in [0.29, 0.717) is 12.0 Å². The van der Waals surface area contributed by atoms with Crippen LogP contribution in [0.1, 0.15) is 56.6 Å². The highest BCUT2D eigenvalue weighted by Crippen LogP contribution is 2.31. The van der Waals surface area contributed by atoms with Gasteiger partial charge in [0.25, 0.3) is 0 Å². The number of rotatable bonds is 2. The third-order valence-corrected chi connectivity index (χ3v) is 6.37. The summed E-state index contributed by atoms with van der Waals surface area (Å²) in [6.45, 7) is 2.08. The molecule has 5 heteroatoms. The maximum atomic E-state index is 6.11. The van der Waals surface area contributed by atoms with Crippen LogP contribution >= 0.6 is 23.8 Å². The molecule has 4 rings (SSSR count). The van der Waals surface area contributed by atoms with E-state index < -0.39 is 0 Å². The van der Waals surface area contributed by atoms with Crippen molar-refractivity contribution in [1.29, 1.82) is 0 Å². The number of benzene rings is 1. The topological polar surface area (TPSA) is 31.1 Å². The highest BCUT2D eigenvalue weighted by molar-refractivity contribution is 7.80. The number of nitrogens with zero attached hydrogens (tertiary/aromatic N) is 1. The summed E-state index contributed by atoms with van der Waals surface area (Å²) in [5.41, 5.74) is 2.51. The predicted octanol–water partition coefficient (Wildman–Crippen LogP) is 5.21. The van der Waals surface area contributed by atoms with Crippen LogP contribution in [0.5, 0.6) is 0 Å². The van der Waals surface area contributed by atoms with E-state index in [9.17, 15) is 0 Å². The number of hydrogen-bond donors (Lipinski definition) is 2. The lowest BCUT2D eigenvalue weighted by atomic mass is 9.93. The minimum Gasteiger partial charge on any atom is -0.360 e. The van der Waals surface area contributed by atoms with Crippen molar-refractivity contribution < 1.29 is 0 Å². The summed E-state index contributed by atoms with van der Waals surface area (Å²) in [5, 5.41) is 6.58. The van der Waals surface area contributed by atoms with Gasteiger partial charge in [-0.1, -0.05) is 30.9 Å². The van der Waals surface area contributed by atoms with Crippen molar-refractivity contribution in [3.05, 3.63) is 35.0 Å². The molecule has 2 fully saturated rings. The predicted molar refractivity (Wildman–Crippen MR) is 109 cm³/mol. The summed E-state index contributed by atoms with van der Waals surface area (Å²) in [6, 6.07) is 8.91. The maximum absolute atomic E-state index is 6.11. The number of halogens is 1. The highest BCUT2D eigenvalue weighted by Gasteiger charge is 2.24. The van der Waals surface area contributed by atoms with Gasteiger partial charge < -0.3 is 15.2 Å². The zero-order valence-corrected chi connectivity index (χ0v) is 16.1. The second-order valence-electron chi connectivity index (χ2n) is 7.50. The molecular weight excluding hydrogens is 350 g/mol. The van der Waals surface area contributed by atoms with Crippen LogP contribution < -0.4 is 5.32 Å². The normalized spacial score (nSPS) is 20.1. The first-order valence-electron chi connectivity index (χ1n) is 9.52. The molecule has 0 spiro atoms. The monoisotopic (exact) mass is 375 g/mol. The van der Waals surface area contributed by atoms with Gasteiger partial charge in [0.05, 0.1) is 0 Å². The number of H-pyrrole nitrogens is 1. The Morgan fingerprint density at radius 1 is 1.08 bits per heavy atom. The molecule has 0 atom stereocenters. The number of piperidine rings is 1. The molecule has 2 aliphatic rings. The smallest absolute Gasteiger partial charge is 0.169 e. The number of likely N-dealkylation sites (tertiary alicyclic amines) is 1. The van der Waals surface area contributed by atoms with Gasteiger partial charge in [-0.2, -0.15) is 0 Å². The quantitative estimate of drug-likeness (QED) is 0.706. The number of hydrogen-bond acceptors (Lipinski definition) is 1. The molecular formula is C20H26ClN3S. The molecule has 3 nitrogen and oxygen atoms in total. The van der Waals surface area contributed by atoms with Gasteiger partial charge in [0.1, 0.15) is 0 Å². The van der Waals surface area contributed by atoms with Crippen molar-refractivity contribution >= 4 is 39.8 Å². The number of nitrogens with one attached hydrogen (secondary N) is 2. The number of fused-ring (bicyclic) bond motifs is 1. The van der Waals surface area contributed by atoms with Crippen molar-refractivity contribution in [1.82, 2.24) is 15.2 Å². The van der Waals surface area contributed by atoms with Gasteiger partial charge in [-0.3, -0.25) is 0 Å². The zero-order valence-electron chi connectivity index (χ0n) is 14.6. The summed E-state index contributed by atoms with van der Waals surface area (Å²) >= 11 is 11.8. The summed E-state index contributed by atoms with van der Waals surface area (Å²) in [6.07, 6.45) is 8.90. The largest absolute Gasteiger partial charge is 0.360 e. The van der Waals surface area contributed by atoms with Gasteiger partial charge in [-0.25, -0.2) is 0 Å². The molecule has 0 bridgehead atoms. The summed E-state index contributed by atoms with van der Waals surface area (Å²) in [4.78, 5) is 5.94. The van der Waals surface area contributed by atoms with Gasteiger partial charge >= 0.3 is 0 Å². The molecule has 1 saturated heterocycles. The van der Waals surface area contributed by atoms with Crippen LogP contribution in [0.15, 0.2) is 24.3 Å². The van der Waals surface area contributed by atoms with Gasteiger partial charge in [-0.15, -0.1) is 0 Å². The van der Waals surface area contributed by atoms with E-state index in [-0.39, 0.29) is 0 Å². The molecule has 0 amide bonds. The molecule has 0 radical (unpaired) electrons. The fraction of sp³-hybridized carbons (Fsp3) is 0.550. The molecule has 1 saturated carbocycles. The fourth-order valence-corrected chi connectivity index (χ4v) is 4.78. The first kappa shape index (κ1) is 17.2. The summed E-state index contributed by atoms with van der Waals surface area (Å²) in [5.74, 6) is 0.583. The Kier molecular flexibility index (Phi) is 5.18. The third-order valence-electron chi connectivity index (χ3n) is 5.76. The first-order chi connectivity index (χ1) is 12.2. The van der Waals surface area contributed by atoms with Crippen molar-refractivity contribution in [3.8, 4) is 0 Å². The van der Waals surface area contributed by atoms with E-state index in [0.717, 1.165) is 36.1 Å². The molecule has 134 valence electrons. The number of aromatic nitrogens is 1. The van der Waals surface area contributed by atoms with Crippen LogP contribution in [0, 0.1) is 0 Å². The second-order valence-corrected chi connectivity index (χ2v) is 8.33. The first-order valence-corrected chi connectivity index (χ1v) is 10.3. The number of aromatic amines is 1. The Balaban J connectivity index is 1.34. The second kappa shape index (κ2) is 7.55. The molecule has 0 unspecified atom stereocenters. The van der Waals surface area contributed by atoms with Gasteiger partial charge in [0.2, 0.25) is 0 Å². The number of thiocarbonyl (C=S) groups is 1. The van der Waals surface area contributed by atoms with Crippen molar-refractivity contribution in [2.45, 2.75) is 56.9 Å². The SMILES string of the molecule is S=C(NC1CCCCC1)N1CCC(c2cc3cc(Cl)ccc3[nH]2)CC1. The lowest BCUT2D eigenvalue weighted by Gasteiger charge is -2.35. The van der Waals surface area contributed by atoms with Crippen LogP contribution in [-0.2, 0) is 0 Å². The molecule has 1 aromatic carbocycles. The van der Waals surface area contributed by atoms with Crippen molar-refractivity contribution in [2.24, 2.45) is 0 Å². The van der Waals surface area contributed by atoms with Gasteiger partial charge in [-0.05, 0) is 62.2 Å². The van der Waals surface area contributed by atoms with Gasteiger partial charge in [0.15, 0.2) is 5.11 Å². The maximum Gasteiger partial charge on any atom is 0.169 e. The minimum atomic E-state index is 0.583. The van der Waals surface area contributed by atoms with Crippen LogP contribution in [0.4, 0.5) is 0 Å². The van der Waals surface area contributed by atoms with E-state index in [4.69, 9.17) is 23.8 Å². The van der Waals surface area contributed by atoms with Crippen LogP contribution in [0.3, 0.4) is 0 Å². The minimum absolute atomic E-state index is 0.583. The Morgan fingerprint density at radius 3 is 2.60 bits per heavy atom. The average molecular weight is 376 g/mol. The lowest BCUT2D eigenvalue weighted by molar-refractivity contribution is 0.299. The third kappa shape index (κ3) is 3.95. The molecule has 1 aliphatic heterocycles. The average Bonchev–Trinajstić information content (AvgIpc) is 3.06. The highest BCUT2D eigenvalue weighted by atomic mass is 35.5. The van der Waals surface area contributed by atoms with E-state index in [1.54, 1.807) is 0 Å². The lowest BCUT2D eigenvalue weighted by Crippen LogP contribution is -2.47. The van der Waals surface area contributed by atoms with E-state index in [2.05, 4.69) is 27.3 Å². The van der Waals surface area contributed by atoms with E-state index in [1.807, 2.05) is 12.1 Å². The molecule has 1 aromatic heterocycles. The summed E-state index contributed by atoms with van der Waals surface area (Å²) in [7, 11) is 0. The van der Waals surface area contributed by atoms with Crippen molar-refractivity contribution in [2.75, 3.05) is 13.1 Å². The van der Waals surface area contributed by atoms with Crippen LogP contribution in [0.25, 0.3) is 10.9 Å². The standard InChI is InChI=1S/C20H26ClN3S/c21-16-6-7-18-15(12-16)13-19(23-18)14-8-10-24(11-9-14)20(25)22-17-4-2-1-3-5-17/h6-7,12-14,17,23H,1-5,8-11H2,(H,22,25). The van der Waals surface area contributed by atoms with E-state index in [1.165, 1.54) is 48.7 Å². The van der Waals surface area contributed by atoms with Crippen LogP contribution in [-0.4, -0.2) is 34.1 Å². The molecule has 2 aromatic rings. The summed E-state index contributed by atoms with van der Waals surface area (Å²) < 4.78 is 0. The van der Waals surface area contributed by atoms with Crippen molar-refractivity contribution in [3.63, 3.8) is 0 Å². The fourth-order valence-electron chi connectivity index (χ4n) is 4.25. The molecule has 25 heavy (non-hydrogen) atoms. The Bertz CT molecular complexity index is 742. The molecule has 2 N–H and O–H groups in total. The zero-order chi connectivity index (χ0) is 17.2. The van der Waals surface area contributed by atoms with Crippen LogP contribution in [0.2, 0.25) is 5.02 Å². The molecule has 2 heterocycles. The Morgan fingerprint density at radius 2 is 1.84 bits per heavy atom. The van der Waals surface area contributed by atoms with E-state index >= 15 is 0 Å². The Labute approximate surface area is 160 Å². The Hall–Kier alpha value is -1.26. The van der Waals surface area contributed by atoms with Gasteiger partial charge in [0, 0.05) is 46.7 Å².